The molecule has 0 aromatic carbocycles. The second kappa shape index (κ2) is 4.98. The highest BCUT2D eigenvalue weighted by molar-refractivity contribution is 5.11. The van der Waals surface area contributed by atoms with E-state index in [1.807, 2.05) is 0 Å². The molecule has 1 saturated carbocycles. The molecule has 0 spiro atoms. The first-order chi connectivity index (χ1) is 7.68. The minimum absolute atomic E-state index is 0.0331. The second-order valence-electron chi connectivity index (χ2n) is 7.50. The van der Waals surface area contributed by atoms with Gasteiger partial charge in [-0.25, -0.2) is 0 Å². The van der Waals surface area contributed by atoms with Crippen molar-refractivity contribution < 1.29 is 0 Å². The highest BCUT2D eigenvalue weighted by Gasteiger charge is 2.38. The smallest absolute Gasteiger partial charge is 0.107 e. The molecule has 1 fully saturated rings. The SMILES string of the molecule is CC(C)(C)CC(C)(C)NC1(C#N)CCCCC1. The van der Waals surface area contributed by atoms with E-state index in [9.17, 15) is 5.26 Å². The van der Waals surface area contributed by atoms with Crippen molar-refractivity contribution in [1.29, 1.82) is 5.26 Å². The van der Waals surface area contributed by atoms with Gasteiger partial charge in [0, 0.05) is 5.54 Å². The molecular formula is C15H28N2. The van der Waals surface area contributed by atoms with E-state index in [0.717, 1.165) is 19.3 Å². The van der Waals surface area contributed by atoms with E-state index in [2.05, 4.69) is 46.0 Å². The summed E-state index contributed by atoms with van der Waals surface area (Å²) in [5, 5.41) is 13.1. The first-order valence-electron chi connectivity index (χ1n) is 6.89. The van der Waals surface area contributed by atoms with Crippen molar-refractivity contribution in [3.05, 3.63) is 0 Å². The van der Waals surface area contributed by atoms with Crippen LogP contribution in [-0.2, 0) is 0 Å². The third kappa shape index (κ3) is 4.68. The molecule has 0 aromatic heterocycles. The van der Waals surface area contributed by atoms with Gasteiger partial charge in [-0.15, -0.1) is 0 Å². The van der Waals surface area contributed by atoms with Crippen LogP contribution in [0.15, 0.2) is 0 Å². The van der Waals surface area contributed by atoms with Gasteiger partial charge in [0.1, 0.15) is 5.54 Å². The maximum Gasteiger partial charge on any atom is 0.107 e. The molecule has 17 heavy (non-hydrogen) atoms. The standard InChI is InChI=1S/C15H28N2/c1-13(2,3)11-14(4,5)17-15(12-16)9-7-6-8-10-15/h17H,6-11H2,1-5H3. The molecule has 0 unspecified atom stereocenters. The summed E-state index contributed by atoms with van der Waals surface area (Å²) in [5.41, 5.74) is 0.0557. The molecule has 1 aliphatic carbocycles. The Kier molecular flexibility index (Phi) is 4.25. The summed E-state index contributed by atoms with van der Waals surface area (Å²) in [6, 6.07) is 2.55. The summed E-state index contributed by atoms with van der Waals surface area (Å²) in [6.07, 6.45) is 6.76. The molecule has 1 N–H and O–H groups in total. The number of nitriles is 1. The van der Waals surface area contributed by atoms with Gasteiger partial charge in [0.25, 0.3) is 0 Å². The average Bonchev–Trinajstić information content (AvgIpc) is 2.14. The van der Waals surface area contributed by atoms with Crippen molar-refractivity contribution in [2.45, 2.75) is 84.2 Å². The zero-order valence-electron chi connectivity index (χ0n) is 12.2. The molecule has 1 rings (SSSR count). The monoisotopic (exact) mass is 236 g/mol. The summed E-state index contributed by atoms with van der Waals surface area (Å²) in [7, 11) is 0. The minimum atomic E-state index is -0.271. The van der Waals surface area contributed by atoms with E-state index in [4.69, 9.17) is 0 Å². The van der Waals surface area contributed by atoms with Gasteiger partial charge < -0.3 is 0 Å². The molecule has 0 saturated heterocycles. The number of nitrogens with zero attached hydrogens (tertiary/aromatic N) is 1. The zero-order chi connectivity index (χ0) is 13.2. The fourth-order valence-corrected chi connectivity index (χ4v) is 3.44. The largest absolute Gasteiger partial charge is 0.294 e. The van der Waals surface area contributed by atoms with E-state index in [1.165, 1.54) is 19.3 Å². The van der Waals surface area contributed by atoms with Crippen LogP contribution in [0.1, 0.15) is 73.1 Å². The maximum absolute atomic E-state index is 9.49. The molecule has 0 aliphatic heterocycles. The van der Waals surface area contributed by atoms with Crippen LogP contribution in [0.3, 0.4) is 0 Å². The lowest BCUT2D eigenvalue weighted by molar-refractivity contribution is 0.172. The lowest BCUT2D eigenvalue weighted by Crippen LogP contribution is -2.56. The summed E-state index contributed by atoms with van der Waals surface area (Å²) in [5.74, 6) is 0. The van der Waals surface area contributed by atoms with Crippen LogP contribution in [0, 0.1) is 16.7 Å². The van der Waals surface area contributed by atoms with Crippen molar-refractivity contribution in [1.82, 2.24) is 5.32 Å². The van der Waals surface area contributed by atoms with Crippen LogP contribution in [0.5, 0.6) is 0 Å². The maximum atomic E-state index is 9.49. The summed E-state index contributed by atoms with van der Waals surface area (Å²) < 4.78 is 0. The third-order valence-corrected chi connectivity index (χ3v) is 3.47. The highest BCUT2D eigenvalue weighted by Crippen LogP contribution is 2.33. The van der Waals surface area contributed by atoms with E-state index >= 15 is 0 Å². The van der Waals surface area contributed by atoms with Crippen molar-refractivity contribution >= 4 is 0 Å². The molecule has 0 radical (unpaired) electrons. The van der Waals surface area contributed by atoms with Crippen LogP contribution in [-0.4, -0.2) is 11.1 Å². The molecule has 0 aromatic rings. The second-order valence-corrected chi connectivity index (χ2v) is 7.50. The minimum Gasteiger partial charge on any atom is -0.294 e. The van der Waals surface area contributed by atoms with Gasteiger partial charge in [-0.1, -0.05) is 40.0 Å². The van der Waals surface area contributed by atoms with Crippen LogP contribution >= 0.6 is 0 Å². The Morgan fingerprint density at radius 1 is 1.06 bits per heavy atom. The van der Waals surface area contributed by atoms with E-state index < -0.39 is 0 Å². The molecule has 0 atom stereocenters. The molecule has 2 heteroatoms. The van der Waals surface area contributed by atoms with Crippen molar-refractivity contribution in [3.63, 3.8) is 0 Å². The number of nitrogens with one attached hydrogen (secondary N) is 1. The Labute approximate surface area is 107 Å². The lowest BCUT2D eigenvalue weighted by Gasteiger charge is -2.42. The van der Waals surface area contributed by atoms with Crippen molar-refractivity contribution in [2.75, 3.05) is 0 Å². The van der Waals surface area contributed by atoms with Gasteiger partial charge in [0.2, 0.25) is 0 Å². The highest BCUT2D eigenvalue weighted by atomic mass is 15.0. The van der Waals surface area contributed by atoms with Crippen LogP contribution < -0.4 is 5.32 Å². The van der Waals surface area contributed by atoms with E-state index in [0.29, 0.717) is 5.41 Å². The Morgan fingerprint density at radius 2 is 1.59 bits per heavy atom. The van der Waals surface area contributed by atoms with E-state index in [-0.39, 0.29) is 11.1 Å². The Balaban J connectivity index is 2.70. The van der Waals surface area contributed by atoms with Gasteiger partial charge >= 0.3 is 0 Å². The number of hydrogen-bond donors (Lipinski definition) is 1. The average molecular weight is 236 g/mol. The van der Waals surface area contributed by atoms with Gasteiger partial charge in [-0.05, 0) is 38.5 Å². The van der Waals surface area contributed by atoms with Crippen LogP contribution in [0.4, 0.5) is 0 Å². The van der Waals surface area contributed by atoms with Crippen LogP contribution in [0.2, 0.25) is 0 Å². The molecular weight excluding hydrogens is 208 g/mol. The molecule has 98 valence electrons. The summed E-state index contributed by atoms with van der Waals surface area (Å²) >= 11 is 0. The molecule has 2 nitrogen and oxygen atoms in total. The van der Waals surface area contributed by atoms with Gasteiger partial charge in [0.15, 0.2) is 0 Å². The first-order valence-corrected chi connectivity index (χ1v) is 6.89. The lowest BCUT2D eigenvalue weighted by atomic mass is 9.77. The van der Waals surface area contributed by atoms with E-state index in [1.54, 1.807) is 0 Å². The third-order valence-electron chi connectivity index (χ3n) is 3.47. The molecule has 0 heterocycles. The predicted octanol–water partition coefficient (Wildman–Crippen LogP) is 4.02. The Morgan fingerprint density at radius 3 is 2.00 bits per heavy atom. The fourth-order valence-electron chi connectivity index (χ4n) is 3.44. The predicted molar refractivity (Wildman–Crippen MR) is 72.7 cm³/mol. The normalized spacial score (nSPS) is 20.9. The fraction of sp³-hybridized carbons (Fsp3) is 0.933. The molecule has 1 aliphatic rings. The van der Waals surface area contributed by atoms with Crippen LogP contribution in [0.25, 0.3) is 0 Å². The van der Waals surface area contributed by atoms with Gasteiger partial charge in [-0.3, -0.25) is 5.32 Å². The summed E-state index contributed by atoms with van der Waals surface area (Å²) in [6.45, 7) is 11.2. The number of rotatable bonds is 3. The quantitative estimate of drug-likeness (QED) is 0.803. The Hall–Kier alpha value is -0.550. The molecule has 0 amide bonds. The van der Waals surface area contributed by atoms with Crippen molar-refractivity contribution in [2.24, 2.45) is 5.41 Å². The van der Waals surface area contributed by atoms with Gasteiger partial charge in [-0.2, -0.15) is 5.26 Å². The first kappa shape index (κ1) is 14.5. The summed E-state index contributed by atoms with van der Waals surface area (Å²) in [4.78, 5) is 0. The zero-order valence-corrected chi connectivity index (χ0v) is 12.2. The Bertz CT molecular complexity index is 285. The van der Waals surface area contributed by atoms with Gasteiger partial charge in [0.05, 0.1) is 6.07 Å². The van der Waals surface area contributed by atoms with Crippen molar-refractivity contribution in [3.8, 4) is 6.07 Å². The topological polar surface area (TPSA) is 35.8 Å². The number of hydrogen-bond acceptors (Lipinski definition) is 2. The molecule has 0 bridgehead atoms.